The van der Waals surface area contributed by atoms with Gasteiger partial charge in [-0.2, -0.15) is 0 Å². The Morgan fingerprint density at radius 3 is 2.83 bits per heavy atom. The van der Waals surface area contributed by atoms with E-state index in [9.17, 15) is 4.79 Å². The van der Waals surface area contributed by atoms with Crippen LogP contribution >= 0.6 is 11.3 Å². The molecule has 23 heavy (non-hydrogen) atoms. The molecule has 0 unspecified atom stereocenters. The van der Waals surface area contributed by atoms with Crippen LogP contribution in [0, 0.1) is 0 Å². The molecule has 2 aromatic heterocycles. The van der Waals surface area contributed by atoms with Crippen molar-refractivity contribution in [1.82, 2.24) is 19.8 Å². The summed E-state index contributed by atoms with van der Waals surface area (Å²) in [6.45, 7) is 4.16. The zero-order chi connectivity index (χ0) is 15.8. The van der Waals surface area contributed by atoms with Gasteiger partial charge in [0.25, 0.3) is 0 Å². The third-order valence-corrected chi connectivity index (χ3v) is 5.58. The van der Waals surface area contributed by atoms with E-state index in [-0.39, 0.29) is 5.91 Å². The monoisotopic (exact) mass is 331 g/mol. The van der Waals surface area contributed by atoms with E-state index < -0.39 is 0 Å². The molecular weight excluding hydrogens is 310 g/mol. The van der Waals surface area contributed by atoms with Crippen molar-refractivity contribution in [2.75, 3.05) is 44.7 Å². The summed E-state index contributed by atoms with van der Waals surface area (Å²) in [6.07, 6.45) is 3.98. The van der Waals surface area contributed by atoms with Crippen molar-refractivity contribution in [3.05, 3.63) is 17.8 Å². The number of nitrogens with zero attached hydrogens (tertiary/aromatic N) is 5. The summed E-state index contributed by atoms with van der Waals surface area (Å²) in [6, 6.07) is 2.59. The maximum atomic E-state index is 12.2. The third kappa shape index (κ3) is 3.03. The molecule has 0 atom stereocenters. The largest absolute Gasteiger partial charge is 0.353 e. The van der Waals surface area contributed by atoms with Gasteiger partial charge in [-0.05, 0) is 24.3 Å². The molecule has 0 bridgehead atoms. The molecule has 2 aliphatic rings. The molecule has 2 aromatic rings. The first-order chi connectivity index (χ1) is 11.2. The number of likely N-dealkylation sites (N-methyl/N-ethyl adjacent to an activating group) is 1. The summed E-state index contributed by atoms with van der Waals surface area (Å²) >= 11 is 1.65. The van der Waals surface area contributed by atoms with Crippen LogP contribution in [0.15, 0.2) is 17.8 Å². The van der Waals surface area contributed by atoms with E-state index in [1.807, 2.05) is 11.9 Å². The van der Waals surface area contributed by atoms with Gasteiger partial charge >= 0.3 is 0 Å². The summed E-state index contributed by atoms with van der Waals surface area (Å²) < 4.78 is 0. The van der Waals surface area contributed by atoms with Gasteiger partial charge in [0.15, 0.2) is 0 Å². The van der Waals surface area contributed by atoms with Crippen LogP contribution < -0.4 is 4.90 Å². The van der Waals surface area contributed by atoms with E-state index in [0.717, 1.165) is 42.2 Å². The van der Waals surface area contributed by atoms with E-state index in [2.05, 4.69) is 31.2 Å². The number of carbonyl (C=O) groups excluding carboxylic acids is 1. The Morgan fingerprint density at radius 1 is 1.30 bits per heavy atom. The highest BCUT2D eigenvalue weighted by Gasteiger charge is 2.30. The van der Waals surface area contributed by atoms with Crippen LogP contribution in [0.25, 0.3) is 10.2 Å². The summed E-state index contributed by atoms with van der Waals surface area (Å²) in [4.78, 5) is 28.5. The Kier molecular flexibility index (Phi) is 3.90. The van der Waals surface area contributed by atoms with E-state index in [1.54, 1.807) is 17.7 Å². The quantitative estimate of drug-likeness (QED) is 0.848. The molecule has 1 aliphatic heterocycles. The molecule has 0 spiro atoms. The number of thiophene rings is 1. The molecule has 3 heterocycles. The van der Waals surface area contributed by atoms with Gasteiger partial charge in [0.05, 0.1) is 11.9 Å². The van der Waals surface area contributed by atoms with Crippen LogP contribution in [0.4, 0.5) is 5.82 Å². The highest BCUT2D eigenvalue weighted by Crippen LogP contribution is 2.28. The number of rotatable bonds is 4. The van der Waals surface area contributed by atoms with Crippen molar-refractivity contribution in [2.45, 2.75) is 18.9 Å². The maximum Gasteiger partial charge on any atom is 0.236 e. The van der Waals surface area contributed by atoms with Crippen LogP contribution in [0.1, 0.15) is 12.8 Å². The lowest BCUT2D eigenvalue weighted by Gasteiger charge is -2.35. The van der Waals surface area contributed by atoms with Crippen molar-refractivity contribution < 1.29 is 4.79 Å². The van der Waals surface area contributed by atoms with E-state index in [0.29, 0.717) is 12.6 Å². The van der Waals surface area contributed by atoms with Crippen LogP contribution in [0.3, 0.4) is 0 Å². The second kappa shape index (κ2) is 6.05. The normalized spacial score (nSPS) is 19.3. The summed E-state index contributed by atoms with van der Waals surface area (Å²) in [5, 5.41) is 3.20. The topological polar surface area (TPSA) is 52.6 Å². The number of anilines is 1. The number of hydrogen-bond acceptors (Lipinski definition) is 6. The molecule has 2 fully saturated rings. The summed E-state index contributed by atoms with van der Waals surface area (Å²) in [5.41, 5.74) is 0. The molecule has 1 amide bonds. The molecule has 0 N–H and O–H groups in total. The molecule has 122 valence electrons. The van der Waals surface area contributed by atoms with Crippen molar-refractivity contribution in [3.8, 4) is 0 Å². The van der Waals surface area contributed by atoms with Crippen molar-refractivity contribution in [3.63, 3.8) is 0 Å². The first-order valence-electron chi connectivity index (χ1n) is 8.13. The van der Waals surface area contributed by atoms with E-state index in [1.165, 1.54) is 12.8 Å². The van der Waals surface area contributed by atoms with Crippen LogP contribution in [0.2, 0.25) is 0 Å². The Labute approximate surface area is 139 Å². The average molecular weight is 331 g/mol. The lowest BCUT2D eigenvalue weighted by Crippen LogP contribution is -2.50. The van der Waals surface area contributed by atoms with Gasteiger partial charge < -0.3 is 9.80 Å². The molecular formula is C16H21N5OS. The Balaban J connectivity index is 1.37. The van der Waals surface area contributed by atoms with Gasteiger partial charge in [0, 0.05) is 39.3 Å². The standard InChI is InChI=1S/C16H21N5OS/c1-19(12-2-3-12)14(22)10-20-5-7-21(8-6-20)15-13-4-9-23-16(13)18-11-17-15/h4,9,11-12H,2-3,5-8,10H2,1H3. The third-order valence-electron chi connectivity index (χ3n) is 4.76. The predicted octanol–water partition coefficient (Wildman–Crippen LogP) is 1.43. The van der Waals surface area contributed by atoms with Crippen LogP contribution in [0.5, 0.6) is 0 Å². The number of fused-ring (bicyclic) bond motifs is 1. The second-order valence-electron chi connectivity index (χ2n) is 6.34. The van der Waals surface area contributed by atoms with Gasteiger partial charge in [-0.15, -0.1) is 11.3 Å². The van der Waals surface area contributed by atoms with Gasteiger partial charge in [0.1, 0.15) is 17.0 Å². The van der Waals surface area contributed by atoms with Gasteiger partial charge in [0.2, 0.25) is 5.91 Å². The van der Waals surface area contributed by atoms with Crippen molar-refractivity contribution in [1.29, 1.82) is 0 Å². The van der Waals surface area contributed by atoms with E-state index >= 15 is 0 Å². The van der Waals surface area contributed by atoms with Gasteiger partial charge in [-0.25, -0.2) is 9.97 Å². The minimum Gasteiger partial charge on any atom is -0.353 e. The molecule has 1 saturated heterocycles. The molecule has 0 aromatic carbocycles. The number of aromatic nitrogens is 2. The van der Waals surface area contributed by atoms with Gasteiger partial charge in [-0.1, -0.05) is 0 Å². The number of hydrogen-bond donors (Lipinski definition) is 0. The minimum atomic E-state index is 0.253. The fraction of sp³-hybridized carbons (Fsp3) is 0.562. The van der Waals surface area contributed by atoms with Crippen LogP contribution in [-0.2, 0) is 4.79 Å². The number of carbonyl (C=O) groups is 1. The van der Waals surface area contributed by atoms with Gasteiger partial charge in [-0.3, -0.25) is 9.69 Å². The zero-order valence-corrected chi connectivity index (χ0v) is 14.1. The number of amides is 1. The van der Waals surface area contributed by atoms with Crippen LogP contribution in [-0.4, -0.2) is 71.5 Å². The number of piperazine rings is 1. The Morgan fingerprint density at radius 2 is 2.09 bits per heavy atom. The van der Waals surface area contributed by atoms with Crippen molar-refractivity contribution >= 4 is 33.3 Å². The Bertz CT molecular complexity index is 705. The van der Waals surface area contributed by atoms with E-state index in [4.69, 9.17) is 0 Å². The lowest BCUT2D eigenvalue weighted by atomic mass is 10.2. The first-order valence-corrected chi connectivity index (χ1v) is 9.01. The second-order valence-corrected chi connectivity index (χ2v) is 7.23. The average Bonchev–Trinajstić information content (AvgIpc) is 3.31. The SMILES string of the molecule is CN(C(=O)CN1CCN(c2ncnc3sccc23)CC1)C1CC1. The summed E-state index contributed by atoms with van der Waals surface area (Å²) in [7, 11) is 1.93. The molecule has 1 saturated carbocycles. The zero-order valence-electron chi connectivity index (χ0n) is 13.3. The molecule has 4 rings (SSSR count). The fourth-order valence-corrected chi connectivity index (χ4v) is 3.84. The lowest BCUT2D eigenvalue weighted by molar-refractivity contribution is -0.131. The highest BCUT2D eigenvalue weighted by molar-refractivity contribution is 7.16. The molecule has 1 aliphatic carbocycles. The molecule has 7 heteroatoms. The predicted molar refractivity (Wildman–Crippen MR) is 91.9 cm³/mol. The fourth-order valence-electron chi connectivity index (χ4n) is 3.12. The van der Waals surface area contributed by atoms with Crippen molar-refractivity contribution in [2.24, 2.45) is 0 Å². The molecule has 0 radical (unpaired) electrons. The Hall–Kier alpha value is -1.73. The minimum absolute atomic E-state index is 0.253. The highest BCUT2D eigenvalue weighted by atomic mass is 32.1. The first kappa shape index (κ1) is 14.8. The summed E-state index contributed by atoms with van der Waals surface area (Å²) in [5.74, 6) is 1.28. The smallest absolute Gasteiger partial charge is 0.236 e. The molecule has 6 nitrogen and oxygen atoms in total. The maximum absolute atomic E-state index is 12.2.